The molecule has 8 heteroatoms. The summed E-state index contributed by atoms with van der Waals surface area (Å²) in [6, 6.07) is 3.28. The highest BCUT2D eigenvalue weighted by Crippen LogP contribution is 2.38. The number of carbonyl (C=O) groups excluding carboxylic acids is 1. The Balaban J connectivity index is 1.77. The maximum Gasteiger partial charge on any atom is 0.246 e. The first-order valence-corrected chi connectivity index (χ1v) is 9.61. The zero-order valence-corrected chi connectivity index (χ0v) is 15.2. The van der Waals surface area contributed by atoms with Crippen LogP contribution >= 0.6 is 0 Å². The molecule has 2 unspecified atom stereocenters. The van der Waals surface area contributed by atoms with Gasteiger partial charge in [-0.3, -0.25) is 4.79 Å². The summed E-state index contributed by atoms with van der Waals surface area (Å²) in [4.78, 5) is 14.0. The topological polar surface area (TPSA) is 82.1 Å². The first kappa shape index (κ1) is 17.6. The third-order valence-corrected chi connectivity index (χ3v) is 6.90. The first-order chi connectivity index (χ1) is 11.9. The third kappa shape index (κ3) is 3.18. The average Bonchev–Trinajstić information content (AvgIpc) is 3.14. The Hall–Kier alpha value is -2.22. The molecule has 3 rings (SSSR count). The van der Waals surface area contributed by atoms with Crippen LogP contribution < -0.4 is 14.2 Å². The van der Waals surface area contributed by atoms with Gasteiger partial charge in [0.2, 0.25) is 11.7 Å². The standard InChI is InChI=1S/C17H21NO6S/c1-22-14-6-11(7-15(23-2)17(14)24-3)4-5-16(19)18-9-13-8-12(18)10-25(13,20)21/h4-7,12-13H,8-10H2,1-3H3/b5-4+. The number of sulfone groups is 1. The molecular weight excluding hydrogens is 346 g/mol. The molecule has 0 saturated carbocycles. The van der Waals surface area contributed by atoms with Crippen LogP contribution in [0.1, 0.15) is 12.0 Å². The lowest BCUT2D eigenvalue weighted by Crippen LogP contribution is -2.43. The number of amides is 1. The van der Waals surface area contributed by atoms with Gasteiger partial charge in [0, 0.05) is 18.7 Å². The molecule has 2 heterocycles. The molecule has 2 aliphatic heterocycles. The van der Waals surface area contributed by atoms with Gasteiger partial charge in [0.25, 0.3) is 0 Å². The van der Waals surface area contributed by atoms with Gasteiger partial charge in [-0.15, -0.1) is 0 Å². The molecule has 0 aromatic heterocycles. The fraction of sp³-hybridized carbons (Fsp3) is 0.471. The van der Waals surface area contributed by atoms with Crippen molar-refractivity contribution in [3.05, 3.63) is 23.8 Å². The molecule has 2 atom stereocenters. The van der Waals surface area contributed by atoms with Crippen LogP contribution in [0, 0.1) is 0 Å². The van der Waals surface area contributed by atoms with E-state index in [0.717, 1.165) is 5.56 Å². The van der Waals surface area contributed by atoms with E-state index in [9.17, 15) is 13.2 Å². The second-order valence-corrected chi connectivity index (χ2v) is 8.45. The monoisotopic (exact) mass is 367 g/mol. The van der Waals surface area contributed by atoms with Gasteiger partial charge >= 0.3 is 0 Å². The Bertz CT molecular complexity index is 791. The quantitative estimate of drug-likeness (QED) is 0.726. The van der Waals surface area contributed by atoms with E-state index in [1.165, 1.54) is 27.4 Å². The number of carbonyl (C=O) groups is 1. The van der Waals surface area contributed by atoms with Gasteiger partial charge in [-0.25, -0.2) is 8.42 Å². The minimum atomic E-state index is -3.01. The molecule has 136 valence electrons. The van der Waals surface area contributed by atoms with Gasteiger partial charge in [0.15, 0.2) is 21.3 Å². The van der Waals surface area contributed by atoms with Crippen LogP contribution in [0.25, 0.3) is 6.08 Å². The van der Waals surface area contributed by atoms with E-state index in [1.54, 1.807) is 23.1 Å². The lowest BCUT2D eigenvalue weighted by atomic mass is 10.1. The van der Waals surface area contributed by atoms with Crippen LogP contribution in [-0.2, 0) is 14.6 Å². The maximum absolute atomic E-state index is 12.4. The van der Waals surface area contributed by atoms with Crippen molar-refractivity contribution < 1.29 is 27.4 Å². The van der Waals surface area contributed by atoms with Crippen LogP contribution in [0.2, 0.25) is 0 Å². The predicted octanol–water partition coefficient (Wildman–Crippen LogP) is 1.12. The molecule has 2 bridgehead atoms. The SMILES string of the molecule is COc1cc(/C=C/C(=O)N2CC3CC2CS3(=O)=O)cc(OC)c1OC. The molecule has 7 nitrogen and oxygen atoms in total. The van der Waals surface area contributed by atoms with E-state index in [-0.39, 0.29) is 24.2 Å². The number of rotatable bonds is 5. The van der Waals surface area contributed by atoms with Gasteiger partial charge < -0.3 is 19.1 Å². The van der Waals surface area contributed by atoms with Crippen LogP contribution in [0.5, 0.6) is 17.2 Å². The number of ether oxygens (including phenoxy) is 3. The summed E-state index contributed by atoms with van der Waals surface area (Å²) in [6.45, 7) is 0.283. The normalized spacial score (nSPS) is 23.9. The Morgan fingerprint density at radius 1 is 1.16 bits per heavy atom. The smallest absolute Gasteiger partial charge is 0.246 e. The number of methoxy groups -OCH3 is 3. The number of hydrogen-bond donors (Lipinski definition) is 0. The van der Waals surface area contributed by atoms with Crippen molar-refractivity contribution in [2.75, 3.05) is 33.6 Å². The summed E-state index contributed by atoms with van der Waals surface area (Å²) >= 11 is 0. The molecule has 1 aromatic carbocycles. The fourth-order valence-electron chi connectivity index (χ4n) is 3.43. The van der Waals surface area contributed by atoms with Crippen molar-refractivity contribution in [1.82, 2.24) is 4.90 Å². The van der Waals surface area contributed by atoms with Crippen molar-refractivity contribution in [3.63, 3.8) is 0 Å². The predicted molar refractivity (Wildman–Crippen MR) is 92.8 cm³/mol. The molecule has 0 aliphatic carbocycles. The largest absolute Gasteiger partial charge is 0.493 e. The minimum Gasteiger partial charge on any atom is -0.493 e. The lowest BCUT2D eigenvalue weighted by Gasteiger charge is -2.25. The van der Waals surface area contributed by atoms with Crippen LogP contribution in [0.15, 0.2) is 18.2 Å². The van der Waals surface area contributed by atoms with E-state index in [0.29, 0.717) is 23.7 Å². The van der Waals surface area contributed by atoms with Crippen LogP contribution in [0.3, 0.4) is 0 Å². The molecule has 0 N–H and O–H groups in total. The molecule has 2 saturated heterocycles. The highest BCUT2D eigenvalue weighted by molar-refractivity contribution is 7.92. The molecule has 0 spiro atoms. The van der Waals surface area contributed by atoms with Gasteiger partial charge in [-0.1, -0.05) is 0 Å². The van der Waals surface area contributed by atoms with E-state index < -0.39 is 15.1 Å². The first-order valence-electron chi connectivity index (χ1n) is 7.90. The molecule has 2 fully saturated rings. The van der Waals surface area contributed by atoms with Crippen molar-refractivity contribution in [3.8, 4) is 17.2 Å². The maximum atomic E-state index is 12.4. The summed E-state index contributed by atoms with van der Waals surface area (Å²) in [5.74, 6) is 1.37. The van der Waals surface area contributed by atoms with Crippen LogP contribution in [0.4, 0.5) is 0 Å². The molecule has 1 aromatic rings. The number of benzene rings is 1. The summed E-state index contributed by atoms with van der Waals surface area (Å²) in [5, 5.41) is -0.406. The molecule has 25 heavy (non-hydrogen) atoms. The highest BCUT2D eigenvalue weighted by Gasteiger charge is 2.49. The van der Waals surface area contributed by atoms with Crippen molar-refractivity contribution in [2.24, 2.45) is 0 Å². The zero-order chi connectivity index (χ0) is 18.2. The Labute approximate surface area is 147 Å². The molecule has 1 amide bonds. The van der Waals surface area contributed by atoms with Crippen LogP contribution in [-0.4, -0.2) is 64.1 Å². The van der Waals surface area contributed by atoms with E-state index >= 15 is 0 Å². The lowest BCUT2D eigenvalue weighted by molar-refractivity contribution is -0.126. The van der Waals surface area contributed by atoms with Gasteiger partial charge in [0.05, 0.1) is 32.3 Å². The van der Waals surface area contributed by atoms with Gasteiger partial charge in [-0.05, 0) is 30.2 Å². The van der Waals surface area contributed by atoms with Gasteiger partial charge in [0.1, 0.15) is 0 Å². The molecular formula is C17H21NO6S. The summed E-state index contributed by atoms with van der Waals surface area (Å²) < 4.78 is 39.4. The molecule has 2 aliphatic rings. The number of fused-ring (bicyclic) bond motifs is 2. The number of likely N-dealkylation sites (tertiary alicyclic amines) is 1. The van der Waals surface area contributed by atoms with E-state index in [2.05, 4.69) is 0 Å². The summed E-state index contributed by atoms with van der Waals surface area (Å²) in [5.41, 5.74) is 0.722. The Morgan fingerprint density at radius 2 is 1.80 bits per heavy atom. The second-order valence-electron chi connectivity index (χ2n) is 6.12. The summed E-state index contributed by atoms with van der Waals surface area (Å²) in [7, 11) is 1.56. The minimum absolute atomic E-state index is 0.0709. The van der Waals surface area contributed by atoms with Crippen molar-refractivity contribution >= 4 is 21.8 Å². The van der Waals surface area contributed by atoms with Gasteiger partial charge in [-0.2, -0.15) is 0 Å². The van der Waals surface area contributed by atoms with E-state index in [4.69, 9.17) is 14.2 Å². The Morgan fingerprint density at radius 3 is 2.24 bits per heavy atom. The summed E-state index contributed by atoms with van der Waals surface area (Å²) in [6.07, 6.45) is 3.66. The zero-order valence-electron chi connectivity index (χ0n) is 14.4. The second kappa shape index (κ2) is 6.59. The third-order valence-electron chi connectivity index (χ3n) is 4.70. The number of hydrogen-bond acceptors (Lipinski definition) is 6. The average molecular weight is 367 g/mol. The Kier molecular flexibility index (Phi) is 4.64. The number of nitrogens with zero attached hydrogens (tertiary/aromatic N) is 1. The fourth-order valence-corrected chi connectivity index (χ4v) is 5.45. The van der Waals surface area contributed by atoms with Crippen molar-refractivity contribution in [2.45, 2.75) is 17.7 Å². The highest BCUT2D eigenvalue weighted by atomic mass is 32.2. The van der Waals surface area contributed by atoms with Crippen molar-refractivity contribution in [1.29, 1.82) is 0 Å². The van der Waals surface area contributed by atoms with E-state index in [1.807, 2.05) is 0 Å². The molecule has 0 radical (unpaired) electrons.